The molecule has 0 unspecified atom stereocenters. The highest BCUT2D eigenvalue weighted by molar-refractivity contribution is 5.90. The number of ether oxygens (including phenoxy) is 1. The van der Waals surface area contributed by atoms with Gasteiger partial charge in [0.2, 0.25) is 0 Å². The normalized spacial score (nSPS) is 11.8. The van der Waals surface area contributed by atoms with E-state index in [-0.39, 0.29) is 29.6 Å². The van der Waals surface area contributed by atoms with Gasteiger partial charge in [0, 0.05) is 5.69 Å². The lowest BCUT2D eigenvalue weighted by Crippen LogP contribution is -2.18. The van der Waals surface area contributed by atoms with Crippen molar-refractivity contribution in [2.45, 2.75) is 19.6 Å². The van der Waals surface area contributed by atoms with Gasteiger partial charge in [-0.05, 0) is 36.8 Å². The fourth-order valence-electron chi connectivity index (χ4n) is 2.34. The fraction of sp³-hybridized carbons (Fsp3) is 0.235. The van der Waals surface area contributed by atoms with E-state index in [4.69, 9.17) is 9.26 Å². The first-order chi connectivity index (χ1) is 14.2. The van der Waals surface area contributed by atoms with E-state index in [2.05, 4.69) is 25.8 Å². The first kappa shape index (κ1) is 20.8. The molecule has 3 rings (SSSR count). The van der Waals surface area contributed by atoms with Gasteiger partial charge in [-0.3, -0.25) is 9.48 Å². The van der Waals surface area contributed by atoms with E-state index in [0.29, 0.717) is 5.56 Å². The summed E-state index contributed by atoms with van der Waals surface area (Å²) in [5.41, 5.74) is 1.91. The average molecular weight is 424 g/mol. The molecule has 0 aliphatic carbocycles. The number of aromatic hydroxyl groups is 1. The van der Waals surface area contributed by atoms with Gasteiger partial charge in [0.05, 0.1) is 13.3 Å². The van der Waals surface area contributed by atoms with E-state index < -0.39 is 23.7 Å². The summed E-state index contributed by atoms with van der Waals surface area (Å²) in [7, 11) is 1.39. The molecule has 0 radical (unpaired) electrons. The number of nitrogens with one attached hydrogen (secondary N) is 1. The van der Waals surface area contributed by atoms with E-state index in [9.17, 15) is 23.1 Å². The smallest absolute Gasteiger partial charge is 0.435 e. The predicted molar refractivity (Wildman–Crippen MR) is 95.1 cm³/mol. The minimum atomic E-state index is -4.57. The summed E-state index contributed by atoms with van der Waals surface area (Å²) in [6.07, 6.45) is -3.28. The predicted octanol–water partition coefficient (Wildman–Crippen LogP) is 2.12. The Morgan fingerprint density at radius 1 is 1.40 bits per heavy atom. The number of phenols is 1. The second-order valence-corrected chi connectivity index (χ2v) is 5.97. The van der Waals surface area contributed by atoms with Crippen LogP contribution in [0.5, 0.6) is 11.5 Å². The van der Waals surface area contributed by atoms with E-state index >= 15 is 0 Å². The summed E-state index contributed by atoms with van der Waals surface area (Å²) in [6, 6.07) is 5.33. The number of hydrazone groups is 1. The Morgan fingerprint density at radius 3 is 2.83 bits per heavy atom. The fourth-order valence-corrected chi connectivity index (χ4v) is 2.34. The van der Waals surface area contributed by atoms with E-state index in [1.54, 1.807) is 6.07 Å². The molecule has 2 aromatic heterocycles. The summed E-state index contributed by atoms with van der Waals surface area (Å²) in [6.45, 7) is 1.23. The number of carbonyl (C=O) groups excluding carboxylic acids is 1. The molecule has 2 N–H and O–H groups in total. The van der Waals surface area contributed by atoms with Crippen molar-refractivity contribution in [2.75, 3.05) is 7.11 Å². The molecule has 3 aromatic rings. The number of rotatable bonds is 6. The number of alkyl halides is 3. The molecule has 2 heterocycles. The molecular formula is C17H15F3N6O4. The zero-order valence-electron chi connectivity index (χ0n) is 15.6. The lowest BCUT2D eigenvalue weighted by Gasteiger charge is -2.03. The van der Waals surface area contributed by atoms with Crippen molar-refractivity contribution in [3.63, 3.8) is 0 Å². The topological polar surface area (TPSA) is 128 Å². The maximum Gasteiger partial charge on any atom is 0.435 e. The van der Waals surface area contributed by atoms with E-state index in [1.165, 1.54) is 32.4 Å². The number of aromatic nitrogens is 4. The maximum absolute atomic E-state index is 12.7. The Balaban J connectivity index is 1.63. The molecule has 0 saturated carbocycles. The third-order valence-electron chi connectivity index (χ3n) is 3.81. The van der Waals surface area contributed by atoms with Crippen molar-refractivity contribution in [2.24, 2.45) is 5.10 Å². The monoisotopic (exact) mass is 424 g/mol. The Morgan fingerprint density at radius 2 is 2.17 bits per heavy atom. The zero-order valence-corrected chi connectivity index (χ0v) is 15.6. The number of phenolic OH excluding ortho intramolecular Hbond substituents is 1. The molecule has 0 aliphatic heterocycles. The number of carbonyl (C=O) groups is 1. The lowest BCUT2D eigenvalue weighted by molar-refractivity contribution is -0.141. The van der Waals surface area contributed by atoms with Crippen molar-refractivity contribution in [3.8, 4) is 11.5 Å². The molecule has 0 bridgehead atoms. The number of halogens is 3. The molecule has 0 aliphatic rings. The average Bonchev–Trinajstić information content (AvgIpc) is 3.30. The third kappa shape index (κ3) is 4.74. The van der Waals surface area contributed by atoms with Crippen LogP contribution in [-0.4, -0.2) is 44.3 Å². The van der Waals surface area contributed by atoms with Crippen molar-refractivity contribution < 1.29 is 32.3 Å². The first-order valence-electron chi connectivity index (χ1n) is 8.32. The van der Waals surface area contributed by atoms with Crippen LogP contribution in [-0.2, 0) is 12.7 Å². The van der Waals surface area contributed by atoms with Gasteiger partial charge in [0.25, 0.3) is 0 Å². The summed E-state index contributed by atoms with van der Waals surface area (Å²) in [5.74, 6) is -1.09. The van der Waals surface area contributed by atoms with E-state index in [1.807, 2.05) is 0 Å². The van der Waals surface area contributed by atoms with Crippen molar-refractivity contribution in [1.82, 2.24) is 25.3 Å². The Bertz CT molecular complexity index is 1090. The van der Waals surface area contributed by atoms with Crippen LogP contribution >= 0.6 is 0 Å². The highest BCUT2D eigenvalue weighted by Crippen LogP contribution is 2.28. The zero-order chi connectivity index (χ0) is 21.9. The summed E-state index contributed by atoms with van der Waals surface area (Å²) >= 11 is 0. The van der Waals surface area contributed by atoms with Gasteiger partial charge >= 0.3 is 18.0 Å². The number of benzene rings is 1. The first-order valence-corrected chi connectivity index (χ1v) is 8.32. The largest absolute Gasteiger partial charge is 0.504 e. The van der Waals surface area contributed by atoms with Crippen LogP contribution in [0.15, 0.2) is 33.9 Å². The van der Waals surface area contributed by atoms with Crippen LogP contribution < -0.4 is 10.2 Å². The summed E-state index contributed by atoms with van der Waals surface area (Å²) in [4.78, 5) is 15.8. The minimum absolute atomic E-state index is 0.0349. The number of hydrogen-bond acceptors (Lipinski definition) is 8. The number of nitrogens with zero attached hydrogens (tertiary/aromatic N) is 5. The van der Waals surface area contributed by atoms with Gasteiger partial charge in [-0.2, -0.15) is 28.4 Å². The number of methoxy groups -OCH3 is 1. The Hall–Kier alpha value is -3.90. The third-order valence-corrected chi connectivity index (χ3v) is 3.81. The minimum Gasteiger partial charge on any atom is -0.504 e. The maximum atomic E-state index is 12.7. The molecule has 0 fully saturated rings. The molecule has 0 atom stereocenters. The highest BCUT2D eigenvalue weighted by atomic mass is 19.4. The SMILES string of the molecule is COc1cc(/C=N/NC(=O)c2nc(Cn3nc(C(F)(F)F)cc3C)no2)ccc1O. The number of hydrogen-bond donors (Lipinski definition) is 2. The highest BCUT2D eigenvalue weighted by Gasteiger charge is 2.34. The molecule has 10 nitrogen and oxygen atoms in total. The summed E-state index contributed by atoms with van der Waals surface area (Å²) < 4.78 is 49.0. The van der Waals surface area contributed by atoms with Gasteiger partial charge in [-0.1, -0.05) is 5.16 Å². The van der Waals surface area contributed by atoms with Crippen LogP contribution in [0.1, 0.15) is 33.5 Å². The second-order valence-electron chi connectivity index (χ2n) is 5.97. The standard InChI is InChI=1S/C17H15F3N6O4/c1-9-5-13(17(18,19)20)24-26(9)8-14-22-16(30-25-14)15(28)23-21-7-10-3-4-11(27)12(6-10)29-2/h3-7,27H,8H2,1-2H3,(H,23,28)/b21-7+. The van der Waals surface area contributed by atoms with Crippen LogP contribution in [0.2, 0.25) is 0 Å². The molecule has 13 heteroatoms. The van der Waals surface area contributed by atoms with Gasteiger partial charge in [-0.25, -0.2) is 5.43 Å². The van der Waals surface area contributed by atoms with Crippen LogP contribution in [0.3, 0.4) is 0 Å². The number of aryl methyl sites for hydroxylation is 1. The molecule has 30 heavy (non-hydrogen) atoms. The Kier molecular flexibility index (Phi) is 5.71. The quantitative estimate of drug-likeness (QED) is 0.458. The molecule has 1 amide bonds. The van der Waals surface area contributed by atoms with Crippen LogP contribution in [0.4, 0.5) is 13.2 Å². The van der Waals surface area contributed by atoms with Crippen molar-refractivity contribution in [3.05, 3.63) is 52.9 Å². The molecule has 0 saturated heterocycles. The molecule has 0 spiro atoms. The van der Waals surface area contributed by atoms with Gasteiger partial charge < -0.3 is 14.4 Å². The Labute approximate surface area is 167 Å². The van der Waals surface area contributed by atoms with Gasteiger partial charge in [0.15, 0.2) is 23.0 Å². The molecule has 158 valence electrons. The second kappa shape index (κ2) is 8.23. The summed E-state index contributed by atoms with van der Waals surface area (Å²) in [5, 5.41) is 20.3. The molecular weight excluding hydrogens is 409 g/mol. The van der Waals surface area contributed by atoms with E-state index in [0.717, 1.165) is 10.7 Å². The van der Waals surface area contributed by atoms with Crippen LogP contribution in [0.25, 0.3) is 0 Å². The van der Waals surface area contributed by atoms with Crippen molar-refractivity contribution in [1.29, 1.82) is 0 Å². The number of amides is 1. The van der Waals surface area contributed by atoms with Gasteiger partial charge in [0.1, 0.15) is 6.54 Å². The lowest BCUT2D eigenvalue weighted by atomic mass is 10.2. The molecule has 1 aromatic carbocycles. The van der Waals surface area contributed by atoms with Crippen molar-refractivity contribution >= 4 is 12.1 Å². The van der Waals surface area contributed by atoms with Gasteiger partial charge in [-0.15, -0.1) is 0 Å². The van der Waals surface area contributed by atoms with Crippen LogP contribution in [0, 0.1) is 6.92 Å².